The molecule has 1 unspecified atom stereocenters. The smallest absolute Gasteiger partial charge is 0.254 e. The SMILES string of the molecule is Cc1ccc(Cl)c(C(O)(Cc2ccc(Cl)cc2)C(N)=O)c1. The summed E-state index contributed by atoms with van der Waals surface area (Å²) in [6, 6.07) is 12.0. The number of hydrogen-bond acceptors (Lipinski definition) is 2. The molecular weight excluding hydrogens is 309 g/mol. The number of primary amides is 1. The summed E-state index contributed by atoms with van der Waals surface area (Å²) in [6.45, 7) is 1.85. The van der Waals surface area contributed by atoms with E-state index in [9.17, 15) is 9.90 Å². The van der Waals surface area contributed by atoms with Crippen molar-refractivity contribution in [3.05, 3.63) is 69.2 Å². The number of hydrogen-bond donors (Lipinski definition) is 2. The Kier molecular flexibility index (Phi) is 4.57. The maximum absolute atomic E-state index is 11.8. The molecule has 1 atom stereocenters. The number of halogens is 2. The monoisotopic (exact) mass is 323 g/mol. The number of aryl methyl sites for hydroxylation is 1. The summed E-state index contributed by atoms with van der Waals surface area (Å²) < 4.78 is 0. The third kappa shape index (κ3) is 3.38. The number of amides is 1. The second kappa shape index (κ2) is 6.06. The van der Waals surface area contributed by atoms with E-state index >= 15 is 0 Å². The lowest BCUT2D eigenvalue weighted by Gasteiger charge is -2.26. The maximum atomic E-state index is 11.8. The van der Waals surface area contributed by atoms with Crippen LogP contribution in [0, 0.1) is 6.92 Å². The van der Waals surface area contributed by atoms with E-state index in [1.165, 1.54) is 0 Å². The van der Waals surface area contributed by atoms with Gasteiger partial charge in [-0.05, 0) is 30.7 Å². The quantitative estimate of drug-likeness (QED) is 0.907. The Hall–Kier alpha value is -1.55. The van der Waals surface area contributed by atoms with E-state index in [0.29, 0.717) is 15.6 Å². The van der Waals surface area contributed by atoms with Crippen LogP contribution in [0.15, 0.2) is 42.5 Å². The molecule has 0 heterocycles. The van der Waals surface area contributed by atoms with Gasteiger partial charge in [0, 0.05) is 22.0 Å². The number of benzene rings is 2. The molecule has 2 rings (SSSR count). The molecule has 0 aliphatic rings. The highest BCUT2D eigenvalue weighted by Crippen LogP contribution is 2.32. The first-order chi connectivity index (χ1) is 9.83. The highest BCUT2D eigenvalue weighted by atomic mass is 35.5. The van der Waals surface area contributed by atoms with Crippen molar-refractivity contribution < 1.29 is 9.90 Å². The lowest BCUT2D eigenvalue weighted by atomic mass is 9.86. The van der Waals surface area contributed by atoms with Crippen molar-refractivity contribution in [1.29, 1.82) is 0 Å². The first-order valence-electron chi connectivity index (χ1n) is 6.36. The Morgan fingerprint density at radius 1 is 1.19 bits per heavy atom. The van der Waals surface area contributed by atoms with E-state index in [2.05, 4.69) is 0 Å². The largest absolute Gasteiger partial charge is 0.375 e. The molecule has 3 N–H and O–H groups in total. The Balaban J connectivity index is 2.47. The summed E-state index contributed by atoms with van der Waals surface area (Å²) in [6.07, 6.45) is 0.0304. The normalized spacial score (nSPS) is 13.7. The highest BCUT2D eigenvalue weighted by Gasteiger charge is 2.38. The third-order valence-corrected chi connectivity index (χ3v) is 3.93. The number of rotatable bonds is 4. The minimum absolute atomic E-state index is 0.0304. The molecule has 0 saturated heterocycles. The van der Waals surface area contributed by atoms with E-state index < -0.39 is 11.5 Å². The van der Waals surface area contributed by atoms with Crippen molar-refractivity contribution in [1.82, 2.24) is 0 Å². The number of nitrogens with two attached hydrogens (primary N) is 1. The van der Waals surface area contributed by atoms with Gasteiger partial charge in [0.25, 0.3) is 5.91 Å². The molecule has 0 aliphatic carbocycles. The molecule has 1 amide bonds. The Labute approximate surface area is 133 Å². The second-order valence-corrected chi connectivity index (χ2v) is 5.85. The van der Waals surface area contributed by atoms with Crippen LogP contribution in [0.3, 0.4) is 0 Å². The van der Waals surface area contributed by atoms with Gasteiger partial charge in [-0.25, -0.2) is 0 Å². The topological polar surface area (TPSA) is 63.3 Å². The molecule has 110 valence electrons. The zero-order valence-corrected chi connectivity index (χ0v) is 12.9. The molecule has 2 aromatic rings. The van der Waals surface area contributed by atoms with Gasteiger partial charge in [0.15, 0.2) is 5.60 Å². The third-order valence-electron chi connectivity index (χ3n) is 3.35. The molecule has 21 heavy (non-hydrogen) atoms. The highest BCUT2D eigenvalue weighted by molar-refractivity contribution is 6.31. The predicted octanol–water partition coefficient (Wildman–Crippen LogP) is 3.22. The Bertz CT molecular complexity index is 670. The van der Waals surface area contributed by atoms with Gasteiger partial charge in [-0.2, -0.15) is 0 Å². The summed E-state index contributed by atoms with van der Waals surface area (Å²) in [5, 5.41) is 11.7. The number of carbonyl (C=O) groups excluding carboxylic acids is 1. The summed E-state index contributed by atoms with van der Waals surface area (Å²) in [5.41, 5.74) is 5.49. The van der Waals surface area contributed by atoms with Crippen molar-refractivity contribution in [3.63, 3.8) is 0 Å². The lowest BCUT2D eigenvalue weighted by Crippen LogP contribution is -2.43. The van der Waals surface area contributed by atoms with Crippen LogP contribution >= 0.6 is 23.2 Å². The van der Waals surface area contributed by atoms with Crippen molar-refractivity contribution >= 4 is 29.1 Å². The summed E-state index contributed by atoms with van der Waals surface area (Å²) in [4.78, 5) is 11.8. The fourth-order valence-electron chi connectivity index (χ4n) is 2.17. The van der Waals surface area contributed by atoms with Crippen LogP contribution in [0.2, 0.25) is 10.0 Å². The van der Waals surface area contributed by atoms with Gasteiger partial charge < -0.3 is 10.8 Å². The van der Waals surface area contributed by atoms with Crippen LogP contribution < -0.4 is 5.73 Å². The minimum Gasteiger partial charge on any atom is -0.375 e. The number of aliphatic hydroxyl groups is 1. The molecular formula is C16H15Cl2NO2. The molecule has 0 aliphatic heterocycles. The van der Waals surface area contributed by atoms with Crippen LogP contribution in [-0.4, -0.2) is 11.0 Å². The molecule has 3 nitrogen and oxygen atoms in total. The van der Waals surface area contributed by atoms with Crippen molar-refractivity contribution in [2.75, 3.05) is 0 Å². The molecule has 0 fully saturated rings. The molecule has 0 aromatic heterocycles. The van der Waals surface area contributed by atoms with Gasteiger partial charge in [0.05, 0.1) is 0 Å². The Morgan fingerprint density at radius 3 is 2.38 bits per heavy atom. The van der Waals surface area contributed by atoms with Gasteiger partial charge in [-0.15, -0.1) is 0 Å². The standard InChI is InChI=1S/C16H15Cl2NO2/c1-10-2-7-14(18)13(8-10)16(21,15(19)20)9-11-3-5-12(17)6-4-11/h2-8,21H,9H2,1H3,(H2,19,20). The first-order valence-corrected chi connectivity index (χ1v) is 7.12. The van der Waals surface area contributed by atoms with E-state index in [-0.39, 0.29) is 6.42 Å². The summed E-state index contributed by atoms with van der Waals surface area (Å²) in [5.74, 6) is -0.843. The Morgan fingerprint density at radius 2 is 1.81 bits per heavy atom. The van der Waals surface area contributed by atoms with E-state index in [0.717, 1.165) is 11.1 Å². The average Bonchev–Trinajstić information content (AvgIpc) is 2.43. The lowest BCUT2D eigenvalue weighted by molar-refractivity contribution is -0.137. The van der Waals surface area contributed by atoms with Crippen LogP contribution in [-0.2, 0) is 16.8 Å². The van der Waals surface area contributed by atoms with E-state index in [1.807, 2.05) is 6.92 Å². The number of carbonyl (C=O) groups is 1. The van der Waals surface area contributed by atoms with Crippen molar-refractivity contribution in [2.45, 2.75) is 18.9 Å². The zero-order chi connectivity index (χ0) is 15.6. The van der Waals surface area contributed by atoms with Gasteiger partial charge in [-0.3, -0.25) is 4.79 Å². The van der Waals surface area contributed by atoms with Gasteiger partial charge in [0.1, 0.15) is 0 Å². The van der Waals surface area contributed by atoms with Gasteiger partial charge in [0.2, 0.25) is 0 Å². The van der Waals surface area contributed by atoms with Crippen LogP contribution in [0.25, 0.3) is 0 Å². The summed E-state index contributed by atoms with van der Waals surface area (Å²) in [7, 11) is 0. The van der Waals surface area contributed by atoms with Crippen molar-refractivity contribution in [2.24, 2.45) is 5.73 Å². The fraction of sp³-hybridized carbons (Fsp3) is 0.188. The van der Waals surface area contributed by atoms with E-state index in [1.54, 1.807) is 42.5 Å². The van der Waals surface area contributed by atoms with E-state index in [4.69, 9.17) is 28.9 Å². The molecule has 2 aromatic carbocycles. The van der Waals surface area contributed by atoms with Crippen LogP contribution in [0.1, 0.15) is 16.7 Å². The van der Waals surface area contributed by atoms with Gasteiger partial charge >= 0.3 is 0 Å². The molecule has 0 spiro atoms. The molecule has 5 heteroatoms. The second-order valence-electron chi connectivity index (χ2n) is 5.01. The van der Waals surface area contributed by atoms with Crippen molar-refractivity contribution in [3.8, 4) is 0 Å². The first kappa shape index (κ1) is 15.8. The van der Waals surface area contributed by atoms with Crippen LogP contribution in [0.4, 0.5) is 0 Å². The fourth-order valence-corrected chi connectivity index (χ4v) is 2.57. The average molecular weight is 324 g/mol. The molecule has 0 bridgehead atoms. The maximum Gasteiger partial charge on any atom is 0.254 e. The molecule has 0 saturated carbocycles. The predicted molar refractivity (Wildman–Crippen MR) is 84.4 cm³/mol. The zero-order valence-electron chi connectivity index (χ0n) is 11.4. The molecule has 0 radical (unpaired) electrons. The van der Waals surface area contributed by atoms with Gasteiger partial charge in [-0.1, -0.05) is 53.0 Å². The summed E-state index contributed by atoms with van der Waals surface area (Å²) >= 11 is 12.0. The van der Waals surface area contributed by atoms with Crippen LogP contribution in [0.5, 0.6) is 0 Å². The minimum atomic E-state index is -1.86.